The molecule has 0 bridgehead atoms. The Morgan fingerprint density at radius 3 is 2.52 bits per heavy atom. The molecule has 13 heteroatoms. The molecule has 1 aliphatic rings. The highest BCUT2D eigenvalue weighted by atomic mass is 35.6. The number of rotatable bonds is 4. The largest absolute Gasteiger partial charge is 0.395 e. The first-order valence-corrected chi connectivity index (χ1v) is 8.38. The number of anilines is 2. The SMILES string of the molecule is N#CN=C(N)N1CCN(c2nc(NCCO)nc(C(Cl)(Cl)Cl)n2)CC1. The minimum atomic E-state index is -1.81. The summed E-state index contributed by atoms with van der Waals surface area (Å²) >= 11 is 17.7. The van der Waals surface area contributed by atoms with Gasteiger partial charge in [-0.1, -0.05) is 34.8 Å². The third kappa shape index (κ3) is 5.34. The molecule has 1 aromatic heterocycles. The van der Waals surface area contributed by atoms with Crippen molar-refractivity contribution in [2.45, 2.75) is 3.79 Å². The lowest BCUT2D eigenvalue weighted by atomic mass is 10.3. The summed E-state index contributed by atoms with van der Waals surface area (Å²) in [7, 11) is 0. The molecule has 136 valence electrons. The lowest BCUT2D eigenvalue weighted by Gasteiger charge is -2.35. The van der Waals surface area contributed by atoms with Gasteiger partial charge in [0.25, 0.3) is 0 Å². The van der Waals surface area contributed by atoms with Gasteiger partial charge in [-0.3, -0.25) is 0 Å². The van der Waals surface area contributed by atoms with Gasteiger partial charge in [-0.2, -0.15) is 20.2 Å². The molecular weight excluding hydrogens is 393 g/mol. The first-order chi connectivity index (χ1) is 11.8. The molecule has 1 aromatic rings. The molecule has 1 saturated heterocycles. The van der Waals surface area contributed by atoms with Crippen LogP contribution in [0.5, 0.6) is 0 Å². The number of piperazine rings is 1. The number of guanidine groups is 1. The summed E-state index contributed by atoms with van der Waals surface area (Å²) in [6.45, 7) is 2.28. The Kier molecular flexibility index (Phi) is 6.66. The Morgan fingerprint density at radius 1 is 1.28 bits per heavy atom. The predicted octanol–water partition coefficient (Wildman–Crippen LogP) is 0.0203. The second-order valence-corrected chi connectivity index (χ2v) is 7.26. The standard InChI is InChI=1S/C12H16Cl3N9O/c13-12(14,15)8-20-10(18-1-6-25)22-11(21-8)24-4-2-23(3-5-24)9(17)19-7-16/h25H,1-6H2,(H2,17,19)(H,18,20,21,22). The van der Waals surface area contributed by atoms with Gasteiger partial charge in [0.1, 0.15) is 0 Å². The number of nitrogens with two attached hydrogens (primary N) is 1. The Bertz CT molecular complexity index is 665. The summed E-state index contributed by atoms with van der Waals surface area (Å²) in [5.74, 6) is 0.696. The summed E-state index contributed by atoms with van der Waals surface area (Å²) < 4.78 is -1.81. The number of aromatic nitrogens is 3. The van der Waals surface area contributed by atoms with Gasteiger partial charge in [0, 0.05) is 32.7 Å². The zero-order valence-electron chi connectivity index (χ0n) is 13.0. The number of nitrogens with one attached hydrogen (secondary N) is 1. The Hall–Kier alpha value is -1.80. The Balaban J connectivity index is 2.18. The summed E-state index contributed by atoms with van der Waals surface area (Å²) in [5, 5.41) is 20.3. The van der Waals surface area contributed by atoms with Crippen molar-refractivity contribution < 1.29 is 5.11 Å². The van der Waals surface area contributed by atoms with Crippen molar-refractivity contribution in [2.75, 3.05) is 49.5 Å². The van der Waals surface area contributed by atoms with Crippen molar-refractivity contribution in [3.63, 3.8) is 0 Å². The number of alkyl halides is 3. The normalized spacial score (nSPS) is 15.9. The van der Waals surface area contributed by atoms with Gasteiger partial charge in [0.2, 0.25) is 27.8 Å². The monoisotopic (exact) mass is 407 g/mol. The molecule has 2 heterocycles. The molecule has 0 amide bonds. The number of aliphatic hydroxyl groups is 1. The molecule has 0 spiro atoms. The van der Waals surface area contributed by atoms with Crippen molar-refractivity contribution in [2.24, 2.45) is 10.7 Å². The smallest absolute Gasteiger partial charge is 0.250 e. The Labute approximate surface area is 159 Å². The highest BCUT2D eigenvalue weighted by Crippen LogP contribution is 2.36. The molecule has 2 rings (SSSR count). The third-order valence-corrected chi connectivity index (χ3v) is 3.83. The summed E-state index contributed by atoms with van der Waals surface area (Å²) in [5.41, 5.74) is 5.71. The molecule has 0 atom stereocenters. The number of nitriles is 1. The molecule has 10 nitrogen and oxygen atoms in total. The molecule has 0 aliphatic carbocycles. The minimum Gasteiger partial charge on any atom is -0.395 e. The molecular formula is C12H16Cl3N9O. The van der Waals surface area contributed by atoms with E-state index in [-0.39, 0.29) is 30.9 Å². The first-order valence-electron chi connectivity index (χ1n) is 7.25. The lowest BCUT2D eigenvalue weighted by molar-refractivity contribution is 0.310. The fourth-order valence-electron chi connectivity index (χ4n) is 2.14. The van der Waals surface area contributed by atoms with Crippen molar-refractivity contribution in [3.8, 4) is 6.19 Å². The summed E-state index contributed by atoms with van der Waals surface area (Å²) in [4.78, 5) is 19.7. The lowest BCUT2D eigenvalue weighted by Crippen LogP contribution is -2.51. The van der Waals surface area contributed by atoms with Crippen LogP contribution >= 0.6 is 34.8 Å². The van der Waals surface area contributed by atoms with Gasteiger partial charge in [0.15, 0.2) is 5.82 Å². The van der Waals surface area contributed by atoms with Crippen LogP contribution in [0.25, 0.3) is 0 Å². The van der Waals surface area contributed by atoms with E-state index < -0.39 is 3.79 Å². The fourth-order valence-corrected chi connectivity index (χ4v) is 2.39. The maximum atomic E-state index is 8.93. The van der Waals surface area contributed by atoms with Crippen molar-refractivity contribution in [1.82, 2.24) is 19.9 Å². The molecule has 0 radical (unpaired) electrons. The van der Waals surface area contributed by atoms with Gasteiger partial charge in [-0.05, 0) is 0 Å². The molecule has 1 fully saturated rings. The fraction of sp³-hybridized carbons (Fsp3) is 0.583. The van der Waals surface area contributed by atoms with Crippen LogP contribution in [0.4, 0.5) is 11.9 Å². The summed E-state index contributed by atoms with van der Waals surface area (Å²) in [6.07, 6.45) is 1.66. The van der Waals surface area contributed by atoms with Gasteiger partial charge in [-0.25, -0.2) is 0 Å². The van der Waals surface area contributed by atoms with Crippen LogP contribution in [-0.2, 0) is 3.79 Å². The van der Waals surface area contributed by atoms with E-state index in [1.807, 2.05) is 4.90 Å². The number of hydrogen-bond acceptors (Lipinski definition) is 8. The van der Waals surface area contributed by atoms with Crippen molar-refractivity contribution >= 4 is 52.7 Å². The van der Waals surface area contributed by atoms with E-state index >= 15 is 0 Å². The minimum absolute atomic E-state index is 0.0177. The van der Waals surface area contributed by atoms with Crippen LogP contribution in [-0.4, -0.2) is 70.2 Å². The van der Waals surface area contributed by atoms with Crippen LogP contribution < -0.4 is 16.0 Å². The van der Waals surface area contributed by atoms with Crippen LogP contribution in [0.2, 0.25) is 0 Å². The average Bonchev–Trinajstić information content (AvgIpc) is 2.59. The molecule has 1 aliphatic heterocycles. The third-order valence-electron chi connectivity index (χ3n) is 3.32. The molecule has 4 N–H and O–H groups in total. The highest BCUT2D eigenvalue weighted by molar-refractivity contribution is 6.66. The van der Waals surface area contributed by atoms with Crippen LogP contribution in [0.3, 0.4) is 0 Å². The predicted molar refractivity (Wildman–Crippen MR) is 95.7 cm³/mol. The van der Waals surface area contributed by atoms with Crippen LogP contribution in [0, 0.1) is 11.5 Å². The van der Waals surface area contributed by atoms with E-state index in [1.165, 1.54) is 0 Å². The molecule has 0 aromatic carbocycles. The van der Waals surface area contributed by atoms with Crippen LogP contribution in [0.1, 0.15) is 5.82 Å². The number of nitrogens with zero attached hydrogens (tertiary/aromatic N) is 7. The number of hydrogen-bond donors (Lipinski definition) is 3. The van der Waals surface area contributed by atoms with E-state index in [0.29, 0.717) is 32.1 Å². The van der Waals surface area contributed by atoms with Gasteiger partial charge >= 0.3 is 0 Å². The zero-order chi connectivity index (χ0) is 18.4. The molecule has 25 heavy (non-hydrogen) atoms. The number of aliphatic hydroxyl groups excluding tert-OH is 1. The molecule has 0 saturated carbocycles. The molecule has 0 unspecified atom stereocenters. The van der Waals surface area contributed by atoms with Crippen LogP contribution in [0.15, 0.2) is 4.99 Å². The van der Waals surface area contributed by atoms with E-state index in [0.717, 1.165) is 0 Å². The second kappa shape index (κ2) is 8.53. The quantitative estimate of drug-likeness (QED) is 0.272. The van der Waals surface area contributed by atoms with Crippen molar-refractivity contribution in [3.05, 3.63) is 5.82 Å². The maximum absolute atomic E-state index is 8.93. The van der Waals surface area contributed by atoms with Crippen molar-refractivity contribution in [1.29, 1.82) is 5.26 Å². The number of aliphatic imine (C=N–C) groups is 1. The highest BCUT2D eigenvalue weighted by Gasteiger charge is 2.30. The second-order valence-electron chi connectivity index (χ2n) is 4.97. The van der Waals surface area contributed by atoms with E-state index in [4.69, 9.17) is 50.9 Å². The van der Waals surface area contributed by atoms with Gasteiger partial charge < -0.3 is 26.0 Å². The first kappa shape index (κ1) is 19.5. The van der Waals surface area contributed by atoms with E-state index in [9.17, 15) is 0 Å². The zero-order valence-corrected chi connectivity index (χ0v) is 15.3. The summed E-state index contributed by atoms with van der Waals surface area (Å²) in [6, 6.07) is 0. The van der Waals surface area contributed by atoms with E-state index in [1.54, 1.807) is 11.1 Å². The van der Waals surface area contributed by atoms with Gasteiger partial charge in [0.05, 0.1) is 6.61 Å². The topological polar surface area (TPSA) is 140 Å². The maximum Gasteiger partial charge on any atom is 0.250 e. The Morgan fingerprint density at radius 2 is 1.96 bits per heavy atom. The average molecular weight is 409 g/mol. The number of halogens is 3. The van der Waals surface area contributed by atoms with Gasteiger partial charge in [-0.15, -0.1) is 4.99 Å². The van der Waals surface area contributed by atoms with E-state index in [2.05, 4.69) is 25.3 Å².